The number of piperidine rings is 1. The summed E-state index contributed by atoms with van der Waals surface area (Å²) in [6.07, 6.45) is 1.10. The Labute approximate surface area is 149 Å². The van der Waals surface area contributed by atoms with E-state index < -0.39 is 11.1 Å². The highest BCUT2D eigenvalue weighted by atomic mass is 127. The first-order valence-corrected chi connectivity index (χ1v) is 8.64. The minimum absolute atomic E-state index is 0.250. The van der Waals surface area contributed by atoms with Crippen molar-refractivity contribution in [1.82, 2.24) is 5.06 Å². The zero-order valence-electron chi connectivity index (χ0n) is 13.2. The van der Waals surface area contributed by atoms with Gasteiger partial charge in [-0.15, -0.1) is 0 Å². The molecule has 1 saturated heterocycles. The van der Waals surface area contributed by atoms with E-state index in [1.807, 2.05) is 27.7 Å². The molecule has 1 aliphatic heterocycles. The molecule has 1 aliphatic rings. The summed E-state index contributed by atoms with van der Waals surface area (Å²) in [4.78, 5) is 12.5. The molecule has 0 saturated carbocycles. The SMILES string of the molecule is CC1(C)CC(C(=O)Oc2ccc(Cl)cc2I)CC(C)(C)N1O. The third-order valence-electron chi connectivity index (χ3n) is 4.08. The third kappa shape index (κ3) is 3.75. The molecule has 2 rings (SSSR count). The van der Waals surface area contributed by atoms with E-state index in [1.54, 1.807) is 18.2 Å². The molecule has 1 aromatic carbocycles. The van der Waals surface area contributed by atoms with E-state index >= 15 is 0 Å². The van der Waals surface area contributed by atoms with E-state index in [-0.39, 0.29) is 11.9 Å². The topological polar surface area (TPSA) is 49.8 Å². The molecule has 0 atom stereocenters. The van der Waals surface area contributed by atoms with Crippen molar-refractivity contribution >= 4 is 40.2 Å². The maximum atomic E-state index is 12.5. The lowest BCUT2D eigenvalue weighted by Gasteiger charge is -2.50. The third-order valence-corrected chi connectivity index (χ3v) is 5.15. The summed E-state index contributed by atoms with van der Waals surface area (Å²) in [6.45, 7) is 7.72. The Morgan fingerprint density at radius 2 is 1.86 bits per heavy atom. The summed E-state index contributed by atoms with van der Waals surface area (Å²) in [5.41, 5.74) is -0.947. The Hall–Kier alpha value is -0.370. The van der Waals surface area contributed by atoms with Crippen molar-refractivity contribution in [3.63, 3.8) is 0 Å². The second-order valence-corrected chi connectivity index (χ2v) is 8.64. The van der Waals surface area contributed by atoms with Crippen LogP contribution in [-0.2, 0) is 4.79 Å². The van der Waals surface area contributed by atoms with Gasteiger partial charge in [0.05, 0.1) is 9.49 Å². The first kappa shape index (κ1) is 18.0. The Kier molecular flexibility index (Phi) is 5.12. The quantitative estimate of drug-likeness (QED) is 0.420. The van der Waals surface area contributed by atoms with Gasteiger partial charge in [0, 0.05) is 16.1 Å². The van der Waals surface area contributed by atoms with Crippen molar-refractivity contribution < 1.29 is 14.7 Å². The lowest BCUT2D eigenvalue weighted by molar-refractivity contribution is -0.251. The summed E-state index contributed by atoms with van der Waals surface area (Å²) in [7, 11) is 0. The predicted octanol–water partition coefficient (Wildman–Crippen LogP) is 4.51. The van der Waals surface area contributed by atoms with Crippen LogP contribution in [0.2, 0.25) is 5.02 Å². The fourth-order valence-electron chi connectivity index (χ4n) is 3.19. The zero-order chi connectivity index (χ0) is 16.7. The van der Waals surface area contributed by atoms with Gasteiger partial charge < -0.3 is 9.94 Å². The molecule has 22 heavy (non-hydrogen) atoms. The highest BCUT2D eigenvalue weighted by Gasteiger charge is 2.47. The van der Waals surface area contributed by atoms with Gasteiger partial charge in [-0.2, -0.15) is 5.06 Å². The average molecular weight is 438 g/mol. The Morgan fingerprint density at radius 1 is 1.32 bits per heavy atom. The second-order valence-electron chi connectivity index (χ2n) is 7.04. The molecule has 1 heterocycles. The Morgan fingerprint density at radius 3 is 2.36 bits per heavy atom. The van der Waals surface area contributed by atoms with E-state index in [0.717, 1.165) is 3.57 Å². The van der Waals surface area contributed by atoms with Crippen LogP contribution in [0.3, 0.4) is 0 Å². The lowest BCUT2D eigenvalue weighted by Crippen LogP contribution is -2.60. The standard InChI is InChI=1S/C16H21ClINO3/c1-15(2)8-10(9-16(3,4)19(15)21)14(20)22-13-6-5-11(17)7-12(13)18/h5-7,10,21H,8-9H2,1-4H3. The summed E-state index contributed by atoms with van der Waals surface area (Å²) in [5, 5.41) is 12.3. The Balaban J connectivity index is 2.16. The minimum atomic E-state index is -0.474. The van der Waals surface area contributed by atoms with Crippen LogP contribution in [0.25, 0.3) is 0 Å². The number of hydrogen-bond donors (Lipinski definition) is 1. The fourth-order valence-corrected chi connectivity index (χ4v) is 4.17. The molecule has 122 valence electrons. The van der Waals surface area contributed by atoms with Crippen LogP contribution in [0, 0.1) is 9.49 Å². The van der Waals surface area contributed by atoms with Gasteiger partial charge in [0.2, 0.25) is 0 Å². The molecule has 0 aliphatic carbocycles. The van der Waals surface area contributed by atoms with Gasteiger partial charge >= 0.3 is 5.97 Å². The number of carbonyl (C=O) groups excluding carboxylic acids is 1. The molecule has 0 unspecified atom stereocenters. The Bertz CT molecular complexity index is 571. The van der Waals surface area contributed by atoms with Crippen LogP contribution in [0.5, 0.6) is 5.75 Å². The minimum Gasteiger partial charge on any atom is -0.425 e. The maximum Gasteiger partial charge on any atom is 0.314 e. The van der Waals surface area contributed by atoms with E-state index in [4.69, 9.17) is 16.3 Å². The zero-order valence-corrected chi connectivity index (χ0v) is 16.1. The van der Waals surface area contributed by atoms with Crippen molar-refractivity contribution in [3.05, 3.63) is 26.8 Å². The molecule has 4 nitrogen and oxygen atoms in total. The first-order chi connectivity index (χ1) is 10.0. The van der Waals surface area contributed by atoms with E-state index in [9.17, 15) is 10.0 Å². The smallest absolute Gasteiger partial charge is 0.314 e. The van der Waals surface area contributed by atoms with E-state index in [1.165, 1.54) is 5.06 Å². The second kappa shape index (κ2) is 6.26. The van der Waals surface area contributed by atoms with Crippen molar-refractivity contribution in [2.45, 2.75) is 51.6 Å². The number of carbonyl (C=O) groups is 1. The van der Waals surface area contributed by atoms with E-state index in [0.29, 0.717) is 23.6 Å². The van der Waals surface area contributed by atoms with Crippen LogP contribution in [-0.4, -0.2) is 27.3 Å². The highest BCUT2D eigenvalue weighted by Crippen LogP contribution is 2.40. The van der Waals surface area contributed by atoms with Crippen LogP contribution in [0.15, 0.2) is 18.2 Å². The summed E-state index contributed by atoms with van der Waals surface area (Å²) < 4.78 is 6.36. The number of esters is 1. The number of nitrogens with zero attached hydrogens (tertiary/aromatic N) is 1. The molecule has 0 amide bonds. The van der Waals surface area contributed by atoms with Gasteiger partial charge in [0.15, 0.2) is 0 Å². The number of hydroxylamine groups is 2. The number of rotatable bonds is 2. The molecule has 0 aromatic heterocycles. The molecule has 1 aromatic rings. The molecule has 1 fully saturated rings. The van der Waals surface area contributed by atoms with Gasteiger partial charge in [0.25, 0.3) is 0 Å². The number of halogens is 2. The van der Waals surface area contributed by atoms with Crippen LogP contribution < -0.4 is 4.74 Å². The maximum absolute atomic E-state index is 12.5. The van der Waals surface area contributed by atoms with E-state index in [2.05, 4.69) is 22.6 Å². The molecule has 6 heteroatoms. The van der Waals surface area contributed by atoms with Crippen molar-refractivity contribution in [2.24, 2.45) is 5.92 Å². The molecule has 0 radical (unpaired) electrons. The summed E-state index contributed by atoms with van der Waals surface area (Å²) in [5.74, 6) is 0.0198. The first-order valence-electron chi connectivity index (χ1n) is 7.19. The average Bonchev–Trinajstić information content (AvgIpc) is 2.38. The largest absolute Gasteiger partial charge is 0.425 e. The van der Waals surface area contributed by atoms with Crippen LogP contribution >= 0.6 is 34.2 Å². The van der Waals surface area contributed by atoms with Crippen LogP contribution in [0.4, 0.5) is 0 Å². The molecular weight excluding hydrogens is 417 g/mol. The molecule has 0 bridgehead atoms. The number of benzene rings is 1. The van der Waals surface area contributed by atoms with Gasteiger partial charge in [-0.1, -0.05) is 11.6 Å². The summed E-state index contributed by atoms with van der Waals surface area (Å²) >= 11 is 8.01. The predicted molar refractivity (Wildman–Crippen MR) is 94.3 cm³/mol. The van der Waals surface area contributed by atoms with Gasteiger partial charge in [0.1, 0.15) is 5.75 Å². The number of ether oxygens (including phenoxy) is 1. The monoisotopic (exact) mass is 437 g/mol. The molecular formula is C16H21ClINO3. The van der Waals surface area contributed by atoms with Crippen molar-refractivity contribution in [3.8, 4) is 5.75 Å². The lowest BCUT2D eigenvalue weighted by atomic mass is 9.75. The molecule has 0 spiro atoms. The van der Waals surface area contributed by atoms with Crippen molar-refractivity contribution in [1.29, 1.82) is 0 Å². The van der Waals surface area contributed by atoms with Crippen LogP contribution in [0.1, 0.15) is 40.5 Å². The molecule has 1 N–H and O–H groups in total. The normalized spacial score (nSPS) is 21.6. The summed E-state index contributed by atoms with van der Waals surface area (Å²) in [6, 6.07) is 5.17. The van der Waals surface area contributed by atoms with Gasteiger partial charge in [-0.25, -0.2) is 0 Å². The fraction of sp³-hybridized carbons (Fsp3) is 0.562. The van der Waals surface area contributed by atoms with Gasteiger partial charge in [-0.3, -0.25) is 4.79 Å². The highest BCUT2D eigenvalue weighted by molar-refractivity contribution is 14.1. The van der Waals surface area contributed by atoms with Gasteiger partial charge in [-0.05, 0) is 81.3 Å². The number of hydrogen-bond acceptors (Lipinski definition) is 4. The van der Waals surface area contributed by atoms with Crippen molar-refractivity contribution in [2.75, 3.05) is 0 Å².